The molecule has 1 saturated heterocycles. The average molecular weight is 541 g/mol. The molecule has 0 aliphatic carbocycles. The summed E-state index contributed by atoms with van der Waals surface area (Å²) in [5.41, 5.74) is 5.32. The van der Waals surface area contributed by atoms with E-state index in [1.165, 1.54) is 6.33 Å². The summed E-state index contributed by atoms with van der Waals surface area (Å²) >= 11 is 2.00. The number of hydrogen-bond donors (Lipinski definition) is 4. The SMILES string of the molecule is CNc1ccc2c(-c3ccccc3CNc3nc(NC4CCSCC4)ncn[nH]cc3C(C)C)nccc2c1. The van der Waals surface area contributed by atoms with Crippen molar-refractivity contribution in [2.45, 2.75) is 45.2 Å². The van der Waals surface area contributed by atoms with Gasteiger partial charge < -0.3 is 16.0 Å². The number of thioether (sulfide) groups is 1. The first-order valence-corrected chi connectivity index (χ1v) is 14.6. The molecule has 0 amide bonds. The maximum Gasteiger partial charge on any atom is 0.226 e. The van der Waals surface area contributed by atoms with Crippen LogP contribution in [0.3, 0.4) is 0 Å². The minimum absolute atomic E-state index is 0.223. The van der Waals surface area contributed by atoms with Crippen LogP contribution in [0.25, 0.3) is 22.0 Å². The molecule has 4 aromatic rings. The van der Waals surface area contributed by atoms with Crippen molar-refractivity contribution in [3.63, 3.8) is 0 Å². The molecule has 8 nitrogen and oxygen atoms in total. The Hall–Kier alpha value is -3.85. The topological polar surface area (TPSA) is 103 Å². The number of nitrogens with zero attached hydrogens (tertiary/aromatic N) is 4. The molecule has 0 atom stereocenters. The van der Waals surface area contributed by atoms with Gasteiger partial charge >= 0.3 is 0 Å². The van der Waals surface area contributed by atoms with Gasteiger partial charge in [-0.05, 0) is 59.4 Å². The number of H-pyrrole nitrogens is 1. The predicted octanol–water partition coefficient (Wildman–Crippen LogP) is 6.62. The van der Waals surface area contributed by atoms with E-state index >= 15 is 0 Å². The number of nitrogens with one attached hydrogen (secondary N) is 4. The second-order valence-corrected chi connectivity index (χ2v) is 11.2. The Morgan fingerprint density at radius 3 is 2.72 bits per heavy atom. The van der Waals surface area contributed by atoms with Crippen LogP contribution in [0.1, 0.15) is 43.7 Å². The van der Waals surface area contributed by atoms with Gasteiger partial charge in [-0.3, -0.25) is 10.1 Å². The van der Waals surface area contributed by atoms with Crippen molar-refractivity contribution in [1.29, 1.82) is 0 Å². The second kappa shape index (κ2) is 12.8. The molecule has 0 unspecified atom stereocenters. The lowest BCUT2D eigenvalue weighted by Crippen LogP contribution is -2.25. The van der Waals surface area contributed by atoms with Crippen molar-refractivity contribution in [1.82, 2.24) is 25.1 Å². The lowest BCUT2D eigenvalue weighted by molar-refractivity contribution is 0.660. The van der Waals surface area contributed by atoms with Gasteiger partial charge in [-0.25, -0.2) is 0 Å². The van der Waals surface area contributed by atoms with Gasteiger partial charge in [0.25, 0.3) is 0 Å². The minimum atomic E-state index is 0.223. The fraction of sp³-hybridized carbons (Fsp3) is 0.333. The van der Waals surface area contributed by atoms with E-state index < -0.39 is 0 Å². The summed E-state index contributed by atoms with van der Waals surface area (Å²) in [6.45, 7) is 4.89. The van der Waals surface area contributed by atoms with Crippen molar-refractivity contribution in [3.05, 3.63) is 78.4 Å². The third-order valence-corrected chi connectivity index (χ3v) is 8.02. The lowest BCUT2D eigenvalue weighted by Gasteiger charge is -2.22. The molecule has 0 radical (unpaired) electrons. The van der Waals surface area contributed by atoms with E-state index in [9.17, 15) is 0 Å². The summed E-state index contributed by atoms with van der Waals surface area (Å²) < 4.78 is 0. The van der Waals surface area contributed by atoms with Gasteiger partial charge in [0, 0.05) is 54.2 Å². The van der Waals surface area contributed by atoms with Crippen molar-refractivity contribution < 1.29 is 0 Å². The molecule has 4 N–H and O–H groups in total. The van der Waals surface area contributed by atoms with Gasteiger partial charge in [0.05, 0.1) is 5.69 Å². The number of anilines is 3. The number of aromatic amines is 1. The van der Waals surface area contributed by atoms with Crippen LogP contribution in [0.2, 0.25) is 0 Å². The van der Waals surface area contributed by atoms with Crippen molar-refractivity contribution in [2.75, 3.05) is 34.5 Å². The summed E-state index contributed by atoms with van der Waals surface area (Å²) in [5.74, 6) is 3.89. The van der Waals surface area contributed by atoms with E-state index in [1.54, 1.807) is 0 Å². The van der Waals surface area contributed by atoms with Crippen LogP contribution in [0.4, 0.5) is 17.5 Å². The highest BCUT2D eigenvalue weighted by molar-refractivity contribution is 7.99. The van der Waals surface area contributed by atoms with E-state index in [-0.39, 0.29) is 5.92 Å². The number of benzene rings is 2. The number of pyridine rings is 1. The Kier molecular flexibility index (Phi) is 8.78. The van der Waals surface area contributed by atoms with Crippen LogP contribution < -0.4 is 16.0 Å². The van der Waals surface area contributed by atoms with Crippen molar-refractivity contribution in [2.24, 2.45) is 0 Å². The van der Waals surface area contributed by atoms with Crippen LogP contribution in [0, 0.1) is 0 Å². The zero-order chi connectivity index (χ0) is 27.0. The maximum atomic E-state index is 4.99. The Morgan fingerprint density at radius 2 is 1.90 bits per heavy atom. The molecule has 39 heavy (non-hydrogen) atoms. The molecular weight excluding hydrogens is 504 g/mol. The molecule has 0 bridgehead atoms. The van der Waals surface area contributed by atoms with E-state index in [1.807, 2.05) is 31.2 Å². The normalized spacial score (nSPS) is 13.7. The average Bonchev–Trinajstić information content (AvgIpc) is 3.06. The van der Waals surface area contributed by atoms with Crippen LogP contribution in [-0.2, 0) is 6.54 Å². The van der Waals surface area contributed by atoms with Gasteiger partial charge in [-0.2, -0.15) is 26.8 Å². The molecule has 1 aliphatic rings. The van der Waals surface area contributed by atoms with E-state index in [0.29, 0.717) is 18.5 Å². The second-order valence-electron chi connectivity index (χ2n) is 9.93. The van der Waals surface area contributed by atoms with E-state index in [0.717, 1.165) is 69.0 Å². The number of hydrogen-bond acceptors (Lipinski definition) is 8. The monoisotopic (exact) mass is 540 g/mol. The van der Waals surface area contributed by atoms with Gasteiger partial charge in [0.15, 0.2) is 0 Å². The zero-order valence-electron chi connectivity index (χ0n) is 22.7. The van der Waals surface area contributed by atoms with Gasteiger partial charge in [0.2, 0.25) is 5.95 Å². The Bertz CT molecular complexity index is 1460. The molecule has 202 valence electrons. The predicted molar refractivity (Wildman–Crippen MR) is 164 cm³/mol. The zero-order valence-corrected chi connectivity index (χ0v) is 23.6. The molecule has 1 fully saturated rings. The van der Waals surface area contributed by atoms with Crippen LogP contribution >= 0.6 is 11.8 Å². The Morgan fingerprint density at radius 1 is 1.05 bits per heavy atom. The van der Waals surface area contributed by atoms with Gasteiger partial charge in [0.1, 0.15) is 12.1 Å². The van der Waals surface area contributed by atoms with Crippen LogP contribution in [0.15, 0.2) is 67.3 Å². The smallest absolute Gasteiger partial charge is 0.226 e. The molecule has 2 aromatic carbocycles. The summed E-state index contributed by atoms with van der Waals surface area (Å²) in [7, 11) is 1.94. The molecule has 3 heterocycles. The highest BCUT2D eigenvalue weighted by Crippen LogP contribution is 2.31. The standard InChI is InChI=1S/C30H36N8S/c1-20(2)27-18-35-36-19-34-30(37-23-11-14-39-15-12-23)38-29(27)33-17-22-6-4-5-7-25(22)28-26-9-8-24(31-3)16-21(26)10-13-32-28/h4-10,13,16,18-20,23,31,35H,11-12,14-15,17H2,1-3H3,(H2,33,34,36,37,38). The van der Waals surface area contributed by atoms with Crippen molar-refractivity contribution >= 4 is 40.0 Å². The molecular formula is C30H36N8S. The summed E-state index contributed by atoms with van der Waals surface area (Å²) in [6.07, 6.45) is 7.51. The van der Waals surface area contributed by atoms with Crippen LogP contribution in [0.5, 0.6) is 0 Å². The summed E-state index contributed by atoms with van der Waals surface area (Å²) in [4.78, 5) is 14.3. The first kappa shape index (κ1) is 26.7. The quantitative estimate of drug-likeness (QED) is 0.198. The van der Waals surface area contributed by atoms with Gasteiger partial charge in [-0.1, -0.05) is 44.2 Å². The summed E-state index contributed by atoms with van der Waals surface area (Å²) in [5, 5.41) is 19.9. The van der Waals surface area contributed by atoms with E-state index in [4.69, 9.17) is 9.97 Å². The third-order valence-electron chi connectivity index (χ3n) is 6.97. The highest BCUT2D eigenvalue weighted by atomic mass is 32.2. The molecule has 2 aromatic heterocycles. The molecule has 5 rings (SSSR count). The van der Waals surface area contributed by atoms with Crippen LogP contribution in [-0.4, -0.2) is 49.7 Å². The highest BCUT2D eigenvalue weighted by Gasteiger charge is 2.16. The molecule has 0 spiro atoms. The molecule has 1 aliphatic heterocycles. The first-order valence-electron chi connectivity index (χ1n) is 13.5. The maximum absolute atomic E-state index is 4.99. The lowest BCUT2D eigenvalue weighted by atomic mass is 9.99. The Labute approximate surface area is 234 Å². The fourth-order valence-corrected chi connectivity index (χ4v) is 5.91. The number of fused-ring (bicyclic) bond motifs is 1. The van der Waals surface area contributed by atoms with E-state index in [2.05, 4.69) is 93.5 Å². The number of aromatic nitrogens is 5. The van der Waals surface area contributed by atoms with Crippen molar-refractivity contribution in [3.8, 4) is 11.3 Å². The third kappa shape index (κ3) is 6.60. The first-order chi connectivity index (χ1) is 19.1. The van der Waals surface area contributed by atoms with Gasteiger partial charge in [-0.15, -0.1) is 0 Å². The molecule has 9 heteroatoms. The largest absolute Gasteiger partial charge is 0.388 e. The number of rotatable bonds is 8. The summed E-state index contributed by atoms with van der Waals surface area (Å²) in [6, 6.07) is 17.2. The fourth-order valence-electron chi connectivity index (χ4n) is 4.80. The molecule has 0 saturated carbocycles. The Balaban J connectivity index is 1.50. The minimum Gasteiger partial charge on any atom is -0.388 e.